The van der Waals surface area contributed by atoms with Crippen LogP contribution in [0.3, 0.4) is 0 Å². The summed E-state index contributed by atoms with van der Waals surface area (Å²) in [6, 6.07) is 12.8. The Bertz CT molecular complexity index is 815. The molecule has 0 saturated heterocycles. The van der Waals surface area contributed by atoms with Crippen LogP contribution < -0.4 is 0 Å². The van der Waals surface area contributed by atoms with E-state index in [1.54, 1.807) is 18.3 Å². The predicted molar refractivity (Wildman–Crippen MR) is 82.6 cm³/mol. The van der Waals surface area contributed by atoms with Crippen molar-refractivity contribution >= 4 is 40.4 Å². The summed E-state index contributed by atoms with van der Waals surface area (Å²) in [5, 5.41) is 1.89. The number of aromatic nitrogens is 1. The molecule has 0 fully saturated rings. The molecule has 0 saturated carbocycles. The number of hydrogen-bond acceptors (Lipinski definition) is 2. The second kappa shape index (κ2) is 5.23. The number of pyridine rings is 1. The fourth-order valence-corrected chi connectivity index (χ4v) is 2.47. The van der Waals surface area contributed by atoms with E-state index in [9.17, 15) is 4.79 Å². The molecule has 1 heterocycles. The fourth-order valence-electron chi connectivity index (χ4n) is 2.17. The minimum Gasteiger partial charge on any atom is -0.298 e. The molecule has 0 unspecified atom stereocenters. The van der Waals surface area contributed by atoms with Crippen molar-refractivity contribution in [2.75, 3.05) is 0 Å². The molecule has 2 aromatic carbocycles. The molecular weight excluding hydrogens is 293 g/mol. The maximum atomic E-state index is 11.1. The van der Waals surface area contributed by atoms with Crippen molar-refractivity contribution in [3.63, 3.8) is 0 Å². The minimum absolute atomic E-state index is 0.477. The van der Waals surface area contributed by atoms with Crippen molar-refractivity contribution in [3.8, 4) is 11.1 Å². The van der Waals surface area contributed by atoms with Crippen LogP contribution in [0.2, 0.25) is 10.0 Å². The van der Waals surface area contributed by atoms with Crippen LogP contribution in [0.5, 0.6) is 0 Å². The molecule has 20 heavy (non-hydrogen) atoms. The third-order valence-electron chi connectivity index (χ3n) is 3.09. The summed E-state index contributed by atoms with van der Waals surface area (Å²) in [6.07, 6.45) is 2.55. The van der Waals surface area contributed by atoms with Crippen molar-refractivity contribution < 1.29 is 4.79 Å². The average Bonchev–Trinajstić information content (AvgIpc) is 2.49. The van der Waals surface area contributed by atoms with Crippen molar-refractivity contribution in [1.82, 2.24) is 4.98 Å². The molecule has 0 N–H and O–H groups in total. The molecule has 1 aromatic heterocycles. The first-order valence-corrected chi connectivity index (χ1v) is 6.74. The van der Waals surface area contributed by atoms with E-state index in [1.165, 1.54) is 0 Å². The van der Waals surface area contributed by atoms with Crippen molar-refractivity contribution in [2.45, 2.75) is 0 Å². The third-order valence-corrected chi connectivity index (χ3v) is 3.83. The highest BCUT2D eigenvalue weighted by Crippen LogP contribution is 2.32. The second-order valence-electron chi connectivity index (χ2n) is 4.39. The van der Waals surface area contributed by atoms with Gasteiger partial charge in [-0.3, -0.25) is 9.78 Å². The lowest BCUT2D eigenvalue weighted by Gasteiger charge is -2.08. The summed E-state index contributed by atoms with van der Waals surface area (Å²) in [6.45, 7) is 0. The molecule has 0 amide bonds. The van der Waals surface area contributed by atoms with Gasteiger partial charge in [0.05, 0.1) is 15.6 Å². The number of carbonyl (C=O) groups excluding carboxylic acids is 1. The lowest BCUT2D eigenvalue weighted by atomic mass is 9.99. The summed E-state index contributed by atoms with van der Waals surface area (Å²) >= 11 is 12.0. The van der Waals surface area contributed by atoms with Crippen molar-refractivity contribution in [2.24, 2.45) is 0 Å². The van der Waals surface area contributed by atoms with Gasteiger partial charge in [-0.2, -0.15) is 0 Å². The van der Waals surface area contributed by atoms with Gasteiger partial charge in [-0.1, -0.05) is 35.3 Å². The molecule has 0 aliphatic rings. The highest BCUT2D eigenvalue weighted by atomic mass is 35.5. The normalized spacial score (nSPS) is 10.7. The summed E-state index contributed by atoms with van der Waals surface area (Å²) < 4.78 is 0. The number of carbonyl (C=O) groups is 1. The number of fused-ring (bicyclic) bond motifs is 1. The lowest BCUT2D eigenvalue weighted by Crippen LogP contribution is -1.89. The molecule has 2 nitrogen and oxygen atoms in total. The van der Waals surface area contributed by atoms with E-state index < -0.39 is 0 Å². The van der Waals surface area contributed by atoms with Crippen molar-refractivity contribution in [1.29, 1.82) is 0 Å². The van der Waals surface area contributed by atoms with Gasteiger partial charge in [-0.15, -0.1) is 0 Å². The van der Waals surface area contributed by atoms with E-state index in [4.69, 9.17) is 23.2 Å². The molecule has 0 spiro atoms. The van der Waals surface area contributed by atoms with E-state index in [1.807, 2.05) is 30.3 Å². The van der Waals surface area contributed by atoms with E-state index in [0.717, 1.165) is 28.3 Å². The third kappa shape index (κ3) is 2.28. The number of aldehydes is 1. The Hall–Kier alpha value is -1.90. The van der Waals surface area contributed by atoms with E-state index in [0.29, 0.717) is 15.6 Å². The van der Waals surface area contributed by atoms with Crippen LogP contribution >= 0.6 is 23.2 Å². The topological polar surface area (TPSA) is 30.0 Å². The van der Waals surface area contributed by atoms with Crippen LogP contribution in [0.4, 0.5) is 0 Å². The Morgan fingerprint density at radius 2 is 1.85 bits per heavy atom. The van der Waals surface area contributed by atoms with Crippen LogP contribution in [0.25, 0.3) is 22.0 Å². The Morgan fingerprint density at radius 1 is 1.00 bits per heavy atom. The fraction of sp³-hybridized carbons (Fsp3) is 0. The SMILES string of the molecule is O=Cc1cc(-c2ccc(Cl)c(Cl)c2)c2ncccc2c1. The molecule has 0 aliphatic heterocycles. The van der Waals surface area contributed by atoms with Gasteiger partial charge in [0, 0.05) is 22.7 Å². The summed E-state index contributed by atoms with van der Waals surface area (Å²) in [4.78, 5) is 15.5. The van der Waals surface area contributed by atoms with Gasteiger partial charge >= 0.3 is 0 Å². The monoisotopic (exact) mass is 301 g/mol. The van der Waals surface area contributed by atoms with Gasteiger partial charge in [0.25, 0.3) is 0 Å². The number of rotatable bonds is 2. The van der Waals surface area contributed by atoms with Crippen LogP contribution in [-0.4, -0.2) is 11.3 Å². The Kier molecular flexibility index (Phi) is 3.43. The molecule has 0 atom stereocenters. The molecule has 3 aromatic rings. The summed E-state index contributed by atoms with van der Waals surface area (Å²) in [5.74, 6) is 0. The highest BCUT2D eigenvalue weighted by molar-refractivity contribution is 6.42. The van der Waals surface area contributed by atoms with E-state index >= 15 is 0 Å². The lowest BCUT2D eigenvalue weighted by molar-refractivity contribution is 0.112. The highest BCUT2D eigenvalue weighted by Gasteiger charge is 2.09. The number of hydrogen-bond donors (Lipinski definition) is 0. The maximum absolute atomic E-state index is 11.1. The first-order chi connectivity index (χ1) is 9.69. The van der Waals surface area contributed by atoms with Gasteiger partial charge < -0.3 is 0 Å². The molecule has 3 rings (SSSR count). The quantitative estimate of drug-likeness (QED) is 0.622. The molecule has 98 valence electrons. The maximum Gasteiger partial charge on any atom is 0.150 e. The van der Waals surface area contributed by atoms with Gasteiger partial charge in [-0.25, -0.2) is 0 Å². The summed E-state index contributed by atoms with van der Waals surface area (Å²) in [7, 11) is 0. The number of nitrogens with zero attached hydrogens (tertiary/aromatic N) is 1. The molecular formula is C16H9Cl2NO. The van der Waals surface area contributed by atoms with E-state index in [2.05, 4.69) is 4.98 Å². The smallest absolute Gasteiger partial charge is 0.150 e. The Balaban J connectivity index is 2.33. The first-order valence-electron chi connectivity index (χ1n) is 5.98. The van der Waals surface area contributed by atoms with Gasteiger partial charge in [-0.05, 0) is 35.9 Å². The predicted octanol–water partition coefficient (Wildman–Crippen LogP) is 5.02. The van der Waals surface area contributed by atoms with Crippen LogP contribution in [0, 0.1) is 0 Å². The van der Waals surface area contributed by atoms with Crippen LogP contribution in [-0.2, 0) is 0 Å². The van der Waals surface area contributed by atoms with Gasteiger partial charge in [0.1, 0.15) is 6.29 Å². The zero-order chi connectivity index (χ0) is 14.1. The standard InChI is InChI=1S/C16H9Cl2NO/c17-14-4-3-11(8-15(14)18)13-7-10(9-20)6-12-2-1-5-19-16(12)13/h1-9H. The van der Waals surface area contributed by atoms with Crippen LogP contribution in [0.15, 0.2) is 48.7 Å². The van der Waals surface area contributed by atoms with Gasteiger partial charge in [0.15, 0.2) is 0 Å². The Labute approximate surface area is 126 Å². The molecule has 0 bridgehead atoms. The van der Waals surface area contributed by atoms with Crippen LogP contribution in [0.1, 0.15) is 10.4 Å². The second-order valence-corrected chi connectivity index (χ2v) is 5.20. The average molecular weight is 302 g/mol. The minimum atomic E-state index is 0.477. The largest absolute Gasteiger partial charge is 0.298 e. The Morgan fingerprint density at radius 3 is 2.60 bits per heavy atom. The number of halogens is 2. The zero-order valence-corrected chi connectivity index (χ0v) is 11.8. The van der Waals surface area contributed by atoms with Gasteiger partial charge in [0.2, 0.25) is 0 Å². The number of benzene rings is 2. The van der Waals surface area contributed by atoms with Crippen molar-refractivity contribution in [3.05, 3.63) is 64.3 Å². The molecule has 0 radical (unpaired) electrons. The molecule has 0 aliphatic carbocycles. The first kappa shape index (κ1) is 13.1. The molecule has 4 heteroatoms. The summed E-state index contributed by atoms with van der Waals surface area (Å²) in [5.41, 5.74) is 3.18. The van der Waals surface area contributed by atoms with E-state index in [-0.39, 0.29) is 0 Å². The zero-order valence-electron chi connectivity index (χ0n) is 10.3.